The van der Waals surface area contributed by atoms with Crippen molar-refractivity contribution in [2.75, 3.05) is 32.2 Å². The predicted octanol–water partition coefficient (Wildman–Crippen LogP) is 3.79. The molecule has 9 heteroatoms. The van der Waals surface area contributed by atoms with Gasteiger partial charge in [0.2, 0.25) is 5.91 Å². The second-order valence-corrected chi connectivity index (χ2v) is 9.29. The normalized spacial score (nSPS) is 11.9. The molecular weight excluding hydrogens is 456 g/mol. The fraction of sp³-hybridized carbons (Fsp3) is 0.240. The molecule has 1 amide bonds. The van der Waals surface area contributed by atoms with Gasteiger partial charge in [-0.25, -0.2) is 8.42 Å². The van der Waals surface area contributed by atoms with Gasteiger partial charge in [-0.15, -0.1) is 0 Å². The summed E-state index contributed by atoms with van der Waals surface area (Å²) in [6, 6.07) is 19.9. The van der Waals surface area contributed by atoms with Gasteiger partial charge in [0.15, 0.2) is 11.5 Å². The predicted molar refractivity (Wildman–Crippen MR) is 130 cm³/mol. The Kier molecular flexibility index (Phi) is 8.01. The van der Waals surface area contributed by atoms with E-state index in [9.17, 15) is 13.2 Å². The van der Waals surface area contributed by atoms with E-state index in [-0.39, 0.29) is 16.7 Å². The molecule has 0 aliphatic heterocycles. The first-order valence-electron chi connectivity index (χ1n) is 10.5. The van der Waals surface area contributed by atoms with E-state index in [1.165, 1.54) is 39.5 Å². The monoisotopic (exact) mass is 484 g/mol. The van der Waals surface area contributed by atoms with Crippen molar-refractivity contribution in [3.05, 3.63) is 78.4 Å². The molecule has 180 valence electrons. The molecule has 3 rings (SSSR count). The number of ether oxygens (including phenoxy) is 3. The lowest BCUT2D eigenvalue weighted by molar-refractivity contribution is -0.120. The first-order valence-corrected chi connectivity index (χ1v) is 12.0. The first-order chi connectivity index (χ1) is 16.3. The molecule has 3 aromatic carbocycles. The van der Waals surface area contributed by atoms with Gasteiger partial charge in [-0.2, -0.15) is 0 Å². The summed E-state index contributed by atoms with van der Waals surface area (Å²) in [4.78, 5) is 12.9. The second kappa shape index (κ2) is 10.9. The third-order valence-electron chi connectivity index (χ3n) is 5.27. The number of carbonyl (C=O) groups excluding carboxylic acids is 1. The van der Waals surface area contributed by atoms with Crippen LogP contribution in [0, 0.1) is 0 Å². The van der Waals surface area contributed by atoms with Crippen molar-refractivity contribution in [1.29, 1.82) is 0 Å². The summed E-state index contributed by atoms with van der Waals surface area (Å²) in [5.41, 5.74) is 1.23. The Morgan fingerprint density at radius 2 is 1.53 bits per heavy atom. The average molecular weight is 485 g/mol. The third kappa shape index (κ3) is 5.60. The zero-order valence-corrected chi connectivity index (χ0v) is 20.3. The van der Waals surface area contributed by atoms with E-state index < -0.39 is 22.5 Å². The van der Waals surface area contributed by atoms with Crippen molar-refractivity contribution in [2.24, 2.45) is 0 Å². The smallest absolute Gasteiger partial charge is 0.264 e. The molecule has 0 saturated carbocycles. The minimum absolute atomic E-state index is 0.0372. The summed E-state index contributed by atoms with van der Waals surface area (Å²) in [7, 11) is 0.279. The Balaban J connectivity index is 1.95. The van der Waals surface area contributed by atoms with Crippen LogP contribution in [0.4, 0.5) is 5.69 Å². The van der Waals surface area contributed by atoms with E-state index in [0.717, 1.165) is 9.87 Å². The number of carbonyl (C=O) groups is 1. The van der Waals surface area contributed by atoms with Gasteiger partial charge >= 0.3 is 0 Å². The van der Waals surface area contributed by atoms with E-state index in [4.69, 9.17) is 14.2 Å². The topological polar surface area (TPSA) is 94.2 Å². The molecule has 34 heavy (non-hydrogen) atoms. The Hall–Kier alpha value is -3.72. The lowest BCUT2D eigenvalue weighted by atomic mass is 10.1. The van der Waals surface area contributed by atoms with Gasteiger partial charge in [0.05, 0.1) is 38.0 Å². The highest BCUT2D eigenvalue weighted by Gasteiger charge is 2.29. The minimum atomic E-state index is -4.13. The largest absolute Gasteiger partial charge is 0.497 e. The van der Waals surface area contributed by atoms with Crippen LogP contribution in [0.3, 0.4) is 0 Å². The van der Waals surface area contributed by atoms with E-state index in [1.807, 2.05) is 37.3 Å². The molecule has 1 atom stereocenters. The molecule has 0 heterocycles. The molecule has 0 fully saturated rings. The molecule has 0 aliphatic rings. The standard InChI is InChI=1S/C25H28N2O6S/c1-18(19-8-6-5-7-9-19)26-25(28)17-27(20-10-12-21(31-2)13-11-20)34(29,30)22-14-15-23(32-3)24(16-22)33-4/h5-16,18H,17H2,1-4H3,(H,26,28)/t18-/m1/s1. The van der Waals surface area contributed by atoms with Gasteiger partial charge in [-0.1, -0.05) is 30.3 Å². The summed E-state index contributed by atoms with van der Waals surface area (Å²) in [6.45, 7) is 1.42. The quantitative estimate of drug-likeness (QED) is 0.471. The number of nitrogens with one attached hydrogen (secondary N) is 1. The number of rotatable bonds is 10. The number of hydrogen-bond donors (Lipinski definition) is 1. The maximum Gasteiger partial charge on any atom is 0.264 e. The van der Waals surface area contributed by atoms with Crippen molar-refractivity contribution >= 4 is 21.6 Å². The van der Waals surface area contributed by atoms with Crippen LogP contribution in [0.15, 0.2) is 77.7 Å². The summed E-state index contributed by atoms with van der Waals surface area (Å²) in [6.07, 6.45) is 0. The van der Waals surface area contributed by atoms with Gasteiger partial charge in [0.1, 0.15) is 12.3 Å². The summed E-state index contributed by atoms with van der Waals surface area (Å²) < 4.78 is 44.0. The number of hydrogen-bond acceptors (Lipinski definition) is 6. The zero-order chi connectivity index (χ0) is 24.7. The molecule has 0 unspecified atom stereocenters. The van der Waals surface area contributed by atoms with Crippen LogP contribution >= 0.6 is 0 Å². The fourth-order valence-electron chi connectivity index (χ4n) is 3.41. The van der Waals surface area contributed by atoms with E-state index in [0.29, 0.717) is 17.2 Å². The zero-order valence-electron chi connectivity index (χ0n) is 19.5. The van der Waals surface area contributed by atoms with Crippen LogP contribution in [-0.2, 0) is 14.8 Å². The molecule has 0 radical (unpaired) electrons. The number of methoxy groups -OCH3 is 3. The highest BCUT2D eigenvalue weighted by atomic mass is 32.2. The lowest BCUT2D eigenvalue weighted by Gasteiger charge is -2.25. The highest BCUT2D eigenvalue weighted by molar-refractivity contribution is 7.92. The Morgan fingerprint density at radius 1 is 0.882 bits per heavy atom. The number of sulfonamides is 1. The van der Waals surface area contributed by atoms with E-state index in [2.05, 4.69) is 5.32 Å². The van der Waals surface area contributed by atoms with Crippen molar-refractivity contribution in [3.63, 3.8) is 0 Å². The highest BCUT2D eigenvalue weighted by Crippen LogP contribution is 2.32. The Bertz CT molecular complexity index is 1210. The third-order valence-corrected chi connectivity index (χ3v) is 7.04. The lowest BCUT2D eigenvalue weighted by Crippen LogP contribution is -2.41. The van der Waals surface area contributed by atoms with Crippen molar-refractivity contribution in [3.8, 4) is 17.2 Å². The maximum atomic E-state index is 13.7. The van der Waals surface area contributed by atoms with Crippen LogP contribution in [-0.4, -0.2) is 42.2 Å². The van der Waals surface area contributed by atoms with Crippen LogP contribution in [0.25, 0.3) is 0 Å². The summed E-state index contributed by atoms with van der Waals surface area (Å²) in [5.74, 6) is 0.776. The van der Waals surface area contributed by atoms with Crippen molar-refractivity contribution in [1.82, 2.24) is 5.32 Å². The Labute approximate surface area is 200 Å². The molecule has 8 nitrogen and oxygen atoms in total. The second-order valence-electron chi connectivity index (χ2n) is 7.43. The molecule has 0 bridgehead atoms. The van der Waals surface area contributed by atoms with Crippen molar-refractivity contribution in [2.45, 2.75) is 17.9 Å². The number of nitrogens with zero attached hydrogens (tertiary/aromatic N) is 1. The molecule has 0 aliphatic carbocycles. The van der Waals surface area contributed by atoms with E-state index in [1.54, 1.807) is 24.3 Å². The average Bonchev–Trinajstić information content (AvgIpc) is 2.87. The molecule has 0 saturated heterocycles. The van der Waals surface area contributed by atoms with Crippen LogP contribution < -0.4 is 23.8 Å². The molecule has 0 spiro atoms. The molecule has 3 aromatic rings. The molecular formula is C25H28N2O6S. The number of amides is 1. The first kappa shape index (κ1) is 24.9. The van der Waals surface area contributed by atoms with Gasteiger partial charge in [0.25, 0.3) is 10.0 Å². The molecule has 0 aromatic heterocycles. The summed E-state index contributed by atoms with van der Waals surface area (Å²) >= 11 is 0. The minimum Gasteiger partial charge on any atom is -0.497 e. The van der Waals surface area contributed by atoms with Crippen LogP contribution in [0.5, 0.6) is 17.2 Å². The van der Waals surface area contributed by atoms with Crippen LogP contribution in [0.1, 0.15) is 18.5 Å². The summed E-state index contributed by atoms with van der Waals surface area (Å²) in [5, 5.41) is 2.87. The number of benzene rings is 3. The Morgan fingerprint density at radius 3 is 2.12 bits per heavy atom. The molecule has 1 N–H and O–H groups in total. The van der Waals surface area contributed by atoms with Gasteiger partial charge in [-0.05, 0) is 48.9 Å². The van der Waals surface area contributed by atoms with E-state index >= 15 is 0 Å². The van der Waals surface area contributed by atoms with Crippen molar-refractivity contribution < 1.29 is 27.4 Å². The fourth-order valence-corrected chi connectivity index (χ4v) is 4.85. The maximum absolute atomic E-state index is 13.7. The SMILES string of the molecule is COc1ccc(N(CC(=O)N[C@H](C)c2ccccc2)S(=O)(=O)c2ccc(OC)c(OC)c2)cc1. The van der Waals surface area contributed by atoms with Gasteiger partial charge < -0.3 is 19.5 Å². The van der Waals surface area contributed by atoms with Gasteiger partial charge in [0, 0.05) is 6.07 Å². The van der Waals surface area contributed by atoms with Crippen LogP contribution in [0.2, 0.25) is 0 Å². The van der Waals surface area contributed by atoms with Gasteiger partial charge in [-0.3, -0.25) is 9.10 Å². The number of anilines is 1.